The fourth-order valence-corrected chi connectivity index (χ4v) is 4.71. The Labute approximate surface area is 166 Å². The van der Waals surface area contributed by atoms with E-state index in [0.717, 1.165) is 30.8 Å². The molecule has 0 radical (unpaired) electrons. The van der Waals surface area contributed by atoms with Crippen LogP contribution in [0.25, 0.3) is 0 Å². The maximum atomic E-state index is 12.3. The summed E-state index contributed by atoms with van der Waals surface area (Å²) in [6, 6.07) is 12.7. The topological polar surface area (TPSA) is 41.6 Å². The largest absolute Gasteiger partial charge is 0.379 e. The molecule has 5 heteroatoms. The van der Waals surface area contributed by atoms with Crippen LogP contribution < -0.4 is 5.32 Å². The maximum absolute atomic E-state index is 12.3. The van der Waals surface area contributed by atoms with Crippen LogP contribution in [0.3, 0.4) is 0 Å². The molecule has 1 aromatic carbocycles. The zero-order chi connectivity index (χ0) is 19.4. The Kier molecular flexibility index (Phi) is 6.35. The first-order valence-electron chi connectivity index (χ1n) is 9.70. The molecule has 27 heavy (non-hydrogen) atoms. The van der Waals surface area contributed by atoms with Gasteiger partial charge in [-0.2, -0.15) is 0 Å². The molecule has 1 saturated heterocycles. The smallest absolute Gasteiger partial charge is 0.164 e. The molecule has 3 rings (SSSR count). The van der Waals surface area contributed by atoms with Gasteiger partial charge in [-0.25, -0.2) is 0 Å². The van der Waals surface area contributed by atoms with E-state index in [-0.39, 0.29) is 17.4 Å². The average Bonchev–Trinajstić information content (AvgIpc) is 3.23. The van der Waals surface area contributed by atoms with Gasteiger partial charge in [0.1, 0.15) is 0 Å². The van der Waals surface area contributed by atoms with E-state index in [1.54, 1.807) is 7.11 Å². The maximum Gasteiger partial charge on any atom is 0.164 e. The van der Waals surface area contributed by atoms with Crippen LogP contribution in [0, 0.1) is 0 Å². The highest BCUT2D eigenvalue weighted by Crippen LogP contribution is 2.34. The number of benzene rings is 1. The molecule has 1 aromatic heterocycles. The number of methoxy groups -OCH3 is 1. The van der Waals surface area contributed by atoms with Gasteiger partial charge >= 0.3 is 0 Å². The Morgan fingerprint density at radius 1 is 1.37 bits per heavy atom. The molecule has 1 aliphatic rings. The lowest BCUT2D eigenvalue weighted by Crippen LogP contribution is -2.59. The van der Waals surface area contributed by atoms with Crippen molar-refractivity contribution in [3.8, 4) is 0 Å². The van der Waals surface area contributed by atoms with Gasteiger partial charge in [-0.1, -0.05) is 25.1 Å². The lowest BCUT2D eigenvalue weighted by atomic mass is 9.87. The molecule has 2 aromatic rings. The first-order chi connectivity index (χ1) is 13.0. The monoisotopic (exact) mass is 386 g/mol. The second-order valence-electron chi connectivity index (χ2n) is 7.49. The van der Waals surface area contributed by atoms with Crippen LogP contribution in [0.4, 0.5) is 5.69 Å². The quantitative estimate of drug-likeness (QED) is 0.681. The molecule has 0 aliphatic carbocycles. The van der Waals surface area contributed by atoms with Gasteiger partial charge in [0.15, 0.2) is 5.78 Å². The number of anilines is 1. The number of hydrogen-bond donors (Lipinski definition) is 1. The van der Waals surface area contributed by atoms with Gasteiger partial charge in [-0.05, 0) is 43.8 Å². The highest BCUT2D eigenvalue weighted by molar-refractivity contribution is 7.10. The zero-order valence-corrected chi connectivity index (χ0v) is 17.5. The number of likely N-dealkylation sites (tertiary alicyclic amines) is 1. The van der Waals surface area contributed by atoms with Crippen LogP contribution in [0.5, 0.6) is 0 Å². The van der Waals surface area contributed by atoms with Crippen LogP contribution in [0.1, 0.15) is 54.9 Å². The van der Waals surface area contributed by atoms with Crippen molar-refractivity contribution in [2.75, 3.05) is 25.5 Å². The Morgan fingerprint density at radius 3 is 2.81 bits per heavy atom. The van der Waals surface area contributed by atoms with E-state index >= 15 is 0 Å². The van der Waals surface area contributed by atoms with Gasteiger partial charge < -0.3 is 10.1 Å². The van der Waals surface area contributed by atoms with Crippen LogP contribution in [-0.2, 0) is 4.74 Å². The summed E-state index contributed by atoms with van der Waals surface area (Å²) in [5.41, 5.74) is 1.36. The standard InChI is InChI=1S/C22H30N2O2S/c1-5-19(25)17-9-6-7-10-18(17)23-21-12-13-24(15-22(21,3)26-4)16(2)20-11-8-14-27-20/h6-11,14,16,21,23H,5,12-13,15H2,1-4H3. The van der Waals surface area contributed by atoms with Crippen molar-refractivity contribution in [3.05, 3.63) is 52.2 Å². The third-order valence-corrected chi connectivity index (χ3v) is 6.85. The summed E-state index contributed by atoms with van der Waals surface area (Å²) >= 11 is 1.81. The van der Waals surface area contributed by atoms with Gasteiger partial charge in [-0.15, -0.1) is 11.3 Å². The molecule has 0 spiro atoms. The summed E-state index contributed by atoms with van der Waals surface area (Å²) in [5, 5.41) is 5.77. The van der Waals surface area contributed by atoms with Crippen molar-refractivity contribution in [1.29, 1.82) is 0 Å². The van der Waals surface area contributed by atoms with E-state index in [1.165, 1.54) is 4.88 Å². The van der Waals surface area contributed by atoms with Crippen LogP contribution in [0.2, 0.25) is 0 Å². The van der Waals surface area contributed by atoms with Gasteiger partial charge in [0, 0.05) is 48.8 Å². The molecule has 1 N–H and O–H groups in total. The van der Waals surface area contributed by atoms with Crippen molar-refractivity contribution < 1.29 is 9.53 Å². The highest BCUT2D eigenvalue weighted by Gasteiger charge is 2.41. The number of para-hydroxylation sites is 1. The number of ether oxygens (including phenoxy) is 1. The molecule has 4 nitrogen and oxygen atoms in total. The number of hydrogen-bond acceptors (Lipinski definition) is 5. The van der Waals surface area contributed by atoms with Gasteiger partial charge in [-0.3, -0.25) is 9.69 Å². The van der Waals surface area contributed by atoms with Crippen molar-refractivity contribution in [3.63, 3.8) is 0 Å². The molecular weight excluding hydrogens is 356 g/mol. The number of carbonyl (C=O) groups excluding carboxylic acids is 1. The van der Waals surface area contributed by atoms with E-state index in [2.05, 4.69) is 41.6 Å². The van der Waals surface area contributed by atoms with Crippen LogP contribution >= 0.6 is 11.3 Å². The Hall–Kier alpha value is -1.69. The summed E-state index contributed by atoms with van der Waals surface area (Å²) < 4.78 is 6.00. The third kappa shape index (κ3) is 4.26. The van der Waals surface area contributed by atoms with Crippen LogP contribution in [0.15, 0.2) is 41.8 Å². The van der Waals surface area contributed by atoms with Crippen molar-refractivity contribution in [2.45, 2.75) is 51.3 Å². The summed E-state index contributed by atoms with van der Waals surface area (Å²) in [7, 11) is 1.79. The summed E-state index contributed by atoms with van der Waals surface area (Å²) in [6.07, 6.45) is 1.48. The van der Waals surface area contributed by atoms with Gasteiger partial charge in [0.05, 0.1) is 11.6 Å². The lowest BCUT2D eigenvalue weighted by Gasteiger charge is -2.47. The Bertz CT molecular complexity index is 761. The normalized spacial score (nSPS) is 24.5. The summed E-state index contributed by atoms with van der Waals surface area (Å²) in [5.74, 6) is 0.168. The summed E-state index contributed by atoms with van der Waals surface area (Å²) in [6.45, 7) is 8.19. The van der Waals surface area contributed by atoms with Crippen molar-refractivity contribution in [1.82, 2.24) is 4.90 Å². The lowest BCUT2D eigenvalue weighted by molar-refractivity contribution is -0.0680. The van der Waals surface area contributed by atoms with E-state index in [0.29, 0.717) is 12.5 Å². The fourth-order valence-electron chi connectivity index (χ4n) is 3.89. The first-order valence-corrected chi connectivity index (χ1v) is 10.6. The van der Waals surface area contributed by atoms with Crippen LogP contribution in [-0.4, -0.2) is 42.5 Å². The number of Topliss-reactive ketones (excluding diaryl/α,β-unsaturated/α-hetero) is 1. The Balaban J connectivity index is 1.77. The molecule has 0 amide bonds. The Morgan fingerprint density at radius 2 is 2.15 bits per heavy atom. The van der Waals surface area contributed by atoms with Gasteiger partial charge in [0.25, 0.3) is 0 Å². The molecule has 0 saturated carbocycles. The van der Waals surface area contributed by atoms with E-state index in [9.17, 15) is 4.79 Å². The minimum Gasteiger partial charge on any atom is -0.379 e. The predicted octanol–water partition coefficient (Wildman–Crippen LogP) is 4.99. The minimum absolute atomic E-state index is 0.153. The molecular formula is C22H30N2O2S. The number of nitrogens with one attached hydrogen (secondary N) is 1. The third-order valence-electron chi connectivity index (χ3n) is 5.81. The van der Waals surface area contributed by atoms with E-state index in [1.807, 2.05) is 42.5 Å². The second-order valence-corrected chi connectivity index (χ2v) is 8.47. The molecule has 1 aliphatic heterocycles. The van der Waals surface area contributed by atoms with E-state index < -0.39 is 0 Å². The highest BCUT2D eigenvalue weighted by atomic mass is 32.1. The SMILES string of the molecule is CCC(=O)c1ccccc1NC1CCN(C(C)c2cccs2)CC1(C)OC. The number of carbonyl (C=O) groups is 1. The van der Waals surface area contributed by atoms with Gasteiger partial charge in [0.2, 0.25) is 0 Å². The van der Waals surface area contributed by atoms with Crippen molar-refractivity contribution in [2.24, 2.45) is 0 Å². The molecule has 1 fully saturated rings. The number of nitrogens with zero attached hydrogens (tertiary/aromatic N) is 1. The summed E-state index contributed by atoms with van der Waals surface area (Å²) in [4.78, 5) is 16.2. The molecule has 3 unspecified atom stereocenters. The average molecular weight is 387 g/mol. The van der Waals surface area contributed by atoms with E-state index in [4.69, 9.17) is 4.74 Å². The fraction of sp³-hybridized carbons (Fsp3) is 0.500. The molecule has 2 heterocycles. The first kappa shape index (κ1) is 20.1. The predicted molar refractivity (Wildman–Crippen MR) is 113 cm³/mol. The molecule has 146 valence electrons. The number of thiophene rings is 1. The number of ketones is 1. The number of piperidine rings is 1. The zero-order valence-electron chi connectivity index (χ0n) is 16.7. The molecule has 3 atom stereocenters. The molecule has 0 bridgehead atoms. The number of rotatable bonds is 7. The minimum atomic E-state index is -0.327. The second kappa shape index (κ2) is 8.55. The van der Waals surface area contributed by atoms with Crippen molar-refractivity contribution >= 4 is 22.8 Å².